The smallest absolute Gasteiger partial charge is 0.305 e. The number of para-hydroxylation sites is 1. The van der Waals surface area contributed by atoms with E-state index in [0.29, 0.717) is 35.0 Å². The van der Waals surface area contributed by atoms with Gasteiger partial charge in [-0.05, 0) is 57.1 Å². The number of unbranched alkanes of at least 4 members (excludes halogenated alkanes) is 1. The summed E-state index contributed by atoms with van der Waals surface area (Å²) in [5, 5.41) is 38.8. The number of nitrogens with zero attached hydrogens (tertiary/aromatic N) is 3. The lowest BCUT2D eigenvalue weighted by Crippen LogP contribution is -2.56. The standard InChI is InChI=1S/C31H45N7O11/c1-48-26(41)14-8-13-25(40)37(46)15-6-4-10-21(34-29(44)23-18-49-30(36-23)19-9-2-3-12-24(19)39)28(43)33-17-20(32)27(42)35-22-11-5-7-16-38(47)31(22)45/h2-3,9,12,20-23,39,46-47H,4-8,10-11,13-18,32H2,1H3,(H,33,43)(H,34,44)(H,35,42)/t20-,21+,22+,23+/m1/s1. The highest BCUT2D eigenvalue weighted by Gasteiger charge is 2.32. The van der Waals surface area contributed by atoms with Crippen LogP contribution < -0.4 is 21.7 Å². The van der Waals surface area contributed by atoms with Crippen LogP contribution in [0.4, 0.5) is 0 Å². The molecule has 4 atom stereocenters. The van der Waals surface area contributed by atoms with Crippen LogP contribution in [0.5, 0.6) is 5.75 Å². The number of amides is 5. The molecular formula is C31H45N7O11. The molecule has 3 rings (SSSR count). The monoisotopic (exact) mass is 691 g/mol. The molecule has 18 nitrogen and oxygen atoms in total. The van der Waals surface area contributed by atoms with Crippen LogP contribution in [0.25, 0.3) is 0 Å². The molecule has 0 saturated carbocycles. The van der Waals surface area contributed by atoms with E-state index in [1.165, 1.54) is 13.2 Å². The second-order valence-electron chi connectivity index (χ2n) is 11.7. The molecule has 8 N–H and O–H groups in total. The van der Waals surface area contributed by atoms with Gasteiger partial charge in [0.25, 0.3) is 5.91 Å². The van der Waals surface area contributed by atoms with Crippen LogP contribution in [0, 0.1) is 0 Å². The Kier molecular flexibility index (Phi) is 15.2. The highest BCUT2D eigenvalue weighted by atomic mass is 16.5. The lowest BCUT2D eigenvalue weighted by molar-refractivity contribution is -0.167. The Labute approximate surface area is 282 Å². The zero-order valence-corrected chi connectivity index (χ0v) is 27.3. The molecule has 0 radical (unpaired) electrons. The lowest BCUT2D eigenvalue weighted by Gasteiger charge is -2.23. The molecule has 1 aromatic rings. The summed E-state index contributed by atoms with van der Waals surface area (Å²) in [6, 6.07) is 1.91. The number of esters is 1. The maximum Gasteiger partial charge on any atom is 0.305 e. The first-order valence-corrected chi connectivity index (χ1v) is 16.1. The van der Waals surface area contributed by atoms with Gasteiger partial charge in [0.05, 0.1) is 12.7 Å². The van der Waals surface area contributed by atoms with E-state index in [4.69, 9.17) is 10.5 Å². The van der Waals surface area contributed by atoms with Crippen molar-refractivity contribution in [3.63, 3.8) is 0 Å². The zero-order chi connectivity index (χ0) is 35.9. The molecule has 18 heteroatoms. The Morgan fingerprint density at radius 3 is 2.61 bits per heavy atom. The average Bonchev–Trinajstić information content (AvgIpc) is 3.53. The van der Waals surface area contributed by atoms with Crippen molar-refractivity contribution in [2.45, 2.75) is 82.0 Å². The van der Waals surface area contributed by atoms with Crippen molar-refractivity contribution in [1.29, 1.82) is 0 Å². The van der Waals surface area contributed by atoms with E-state index in [9.17, 15) is 44.3 Å². The van der Waals surface area contributed by atoms with Gasteiger partial charge in [-0.1, -0.05) is 12.1 Å². The molecule has 1 aromatic carbocycles. The molecule has 0 spiro atoms. The fourth-order valence-corrected chi connectivity index (χ4v) is 5.06. The Bertz CT molecular complexity index is 1370. The Morgan fingerprint density at radius 2 is 1.88 bits per heavy atom. The highest BCUT2D eigenvalue weighted by Crippen LogP contribution is 2.21. The number of ether oxygens (including phenoxy) is 2. The van der Waals surface area contributed by atoms with E-state index in [-0.39, 0.29) is 76.4 Å². The summed E-state index contributed by atoms with van der Waals surface area (Å²) < 4.78 is 10.0. The molecule has 1 saturated heterocycles. The van der Waals surface area contributed by atoms with Gasteiger partial charge in [0.15, 0.2) is 6.04 Å². The summed E-state index contributed by atoms with van der Waals surface area (Å²) in [7, 11) is 1.24. The lowest BCUT2D eigenvalue weighted by atomic mass is 10.1. The number of aromatic hydroxyl groups is 1. The third-order valence-electron chi connectivity index (χ3n) is 7.94. The number of aliphatic imine (C=N–C) groups is 1. The van der Waals surface area contributed by atoms with Gasteiger partial charge in [-0.3, -0.25) is 39.2 Å². The molecule has 0 bridgehead atoms. The molecule has 5 amide bonds. The minimum absolute atomic E-state index is 0.0297. The summed E-state index contributed by atoms with van der Waals surface area (Å²) in [6.45, 7) is -0.399. The number of carbonyl (C=O) groups excluding carboxylic acids is 6. The van der Waals surface area contributed by atoms with Gasteiger partial charge >= 0.3 is 5.97 Å². The number of hydroxylamine groups is 4. The van der Waals surface area contributed by atoms with E-state index in [2.05, 4.69) is 25.7 Å². The van der Waals surface area contributed by atoms with E-state index < -0.39 is 59.7 Å². The quantitative estimate of drug-likeness (QED) is 0.0453. The Balaban J connectivity index is 1.58. The number of phenols is 1. The number of methoxy groups -OCH3 is 1. The van der Waals surface area contributed by atoms with Crippen LogP contribution in [-0.2, 0) is 38.2 Å². The molecule has 0 unspecified atom stereocenters. The van der Waals surface area contributed by atoms with Crippen LogP contribution >= 0.6 is 0 Å². The Hall–Kier alpha value is -4.81. The van der Waals surface area contributed by atoms with Crippen LogP contribution in [-0.4, -0.2) is 125 Å². The van der Waals surface area contributed by atoms with Gasteiger partial charge in [-0.25, -0.2) is 15.1 Å². The topological polar surface area (TPSA) is 263 Å². The van der Waals surface area contributed by atoms with Crippen molar-refractivity contribution >= 4 is 41.4 Å². The second-order valence-corrected chi connectivity index (χ2v) is 11.7. The molecule has 1 fully saturated rings. The summed E-state index contributed by atoms with van der Waals surface area (Å²) >= 11 is 0. The number of nitrogens with one attached hydrogen (secondary N) is 3. The maximum atomic E-state index is 13.3. The van der Waals surface area contributed by atoms with Gasteiger partial charge in [0.1, 0.15) is 30.5 Å². The van der Waals surface area contributed by atoms with Crippen molar-refractivity contribution in [2.24, 2.45) is 10.7 Å². The number of nitrogens with two attached hydrogens (primary N) is 1. The van der Waals surface area contributed by atoms with Gasteiger partial charge in [0, 0.05) is 32.5 Å². The second kappa shape index (κ2) is 19.3. The van der Waals surface area contributed by atoms with E-state index in [1.54, 1.807) is 18.2 Å². The third kappa shape index (κ3) is 12.0. The largest absolute Gasteiger partial charge is 0.507 e. The fourth-order valence-electron chi connectivity index (χ4n) is 5.06. The molecule has 49 heavy (non-hydrogen) atoms. The van der Waals surface area contributed by atoms with Crippen LogP contribution in [0.3, 0.4) is 0 Å². The predicted molar refractivity (Wildman–Crippen MR) is 170 cm³/mol. The number of rotatable bonds is 17. The minimum atomic E-state index is -1.26. The van der Waals surface area contributed by atoms with Gasteiger partial charge in [0.2, 0.25) is 29.5 Å². The normalized spacial score (nSPS) is 18.7. The molecule has 0 aliphatic carbocycles. The number of hydrogen-bond acceptors (Lipinski definition) is 13. The number of benzene rings is 1. The molecular weight excluding hydrogens is 646 g/mol. The van der Waals surface area contributed by atoms with Gasteiger partial charge < -0.3 is 36.3 Å². The highest BCUT2D eigenvalue weighted by molar-refractivity contribution is 6.01. The maximum absolute atomic E-state index is 13.3. The van der Waals surface area contributed by atoms with Crippen LogP contribution in [0.15, 0.2) is 29.3 Å². The summed E-state index contributed by atoms with van der Waals surface area (Å²) in [4.78, 5) is 79.1. The molecule has 2 aliphatic heterocycles. The summed E-state index contributed by atoms with van der Waals surface area (Å²) in [5.41, 5.74) is 6.28. The van der Waals surface area contributed by atoms with E-state index in [0.717, 1.165) is 0 Å². The SMILES string of the molecule is COC(=O)CCCC(=O)N(O)CCCC[C@H](NC(=O)[C@@H]1COC(c2ccccc2O)=N1)C(=O)NC[C@@H](N)C(=O)N[C@H]1CCCCN(O)C1=O. The molecule has 270 valence electrons. The fraction of sp³-hybridized carbons (Fsp3) is 0.581. The van der Waals surface area contributed by atoms with Gasteiger partial charge in [-0.2, -0.15) is 0 Å². The minimum Gasteiger partial charge on any atom is -0.507 e. The molecule has 0 aromatic heterocycles. The zero-order valence-electron chi connectivity index (χ0n) is 27.3. The Morgan fingerprint density at radius 1 is 1.12 bits per heavy atom. The first kappa shape index (κ1) is 38.6. The third-order valence-corrected chi connectivity index (χ3v) is 7.94. The number of carbonyl (C=O) groups is 6. The first-order chi connectivity index (χ1) is 23.4. The average molecular weight is 692 g/mol. The summed E-state index contributed by atoms with van der Waals surface area (Å²) in [6.07, 6.45) is 2.24. The molecule has 2 aliphatic rings. The van der Waals surface area contributed by atoms with Crippen molar-refractivity contribution in [1.82, 2.24) is 26.1 Å². The van der Waals surface area contributed by atoms with E-state index in [1.807, 2.05) is 0 Å². The summed E-state index contributed by atoms with van der Waals surface area (Å²) in [5.74, 6) is -3.77. The molecule has 2 heterocycles. The van der Waals surface area contributed by atoms with E-state index >= 15 is 0 Å². The number of hydrogen-bond donors (Lipinski definition) is 7. The van der Waals surface area contributed by atoms with Gasteiger partial charge in [-0.15, -0.1) is 0 Å². The van der Waals surface area contributed by atoms with Crippen molar-refractivity contribution in [3.05, 3.63) is 29.8 Å². The van der Waals surface area contributed by atoms with Crippen LogP contribution in [0.1, 0.15) is 63.4 Å². The van der Waals surface area contributed by atoms with Crippen LogP contribution in [0.2, 0.25) is 0 Å². The van der Waals surface area contributed by atoms with Crippen molar-refractivity contribution in [2.75, 3.05) is 33.4 Å². The van der Waals surface area contributed by atoms with Crippen molar-refractivity contribution < 1.29 is 53.8 Å². The number of phenolic OH excluding ortho intramolecular Hbond substituents is 1. The first-order valence-electron chi connectivity index (χ1n) is 16.1. The van der Waals surface area contributed by atoms with Crippen molar-refractivity contribution in [3.8, 4) is 5.75 Å². The predicted octanol–water partition coefficient (Wildman–Crippen LogP) is -0.916.